The summed E-state index contributed by atoms with van der Waals surface area (Å²) in [4.78, 5) is 17.3. The van der Waals surface area contributed by atoms with Crippen molar-refractivity contribution in [2.75, 3.05) is 6.54 Å². The Balaban J connectivity index is 1.73. The van der Waals surface area contributed by atoms with E-state index in [4.69, 9.17) is 4.42 Å². The van der Waals surface area contributed by atoms with Gasteiger partial charge in [0, 0.05) is 22.6 Å². The molecule has 1 aromatic heterocycles. The van der Waals surface area contributed by atoms with Gasteiger partial charge in [-0.3, -0.25) is 9.00 Å². The number of amides is 1. The van der Waals surface area contributed by atoms with Gasteiger partial charge in [0.05, 0.1) is 22.2 Å². The number of carbonyl (C=O) groups excluding carboxylic acids is 1. The van der Waals surface area contributed by atoms with Crippen LogP contribution in [0.2, 0.25) is 0 Å². The molecule has 0 fully saturated rings. The molecule has 0 spiro atoms. The minimum Gasteiger partial charge on any atom is -0.441 e. The van der Waals surface area contributed by atoms with E-state index in [2.05, 4.69) is 10.3 Å². The molecule has 6 heteroatoms. The Hall–Kier alpha value is -2.73. The lowest BCUT2D eigenvalue weighted by Gasteiger charge is -2.03. The van der Waals surface area contributed by atoms with Crippen LogP contribution in [0.3, 0.4) is 0 Å². The van der Waals surface area contributed by atoms with Crippen LogP contribution in [0.5, 0.6) is 0 Å². The number of rotatable bonds is 7. The number of carbonyl (C=O) groups is 1. The summed E-state index contributed by atoms with van der Waals surface area (Å²) in [7, 11) is -1.18. The molecule has 0 aliphatic carbocycles. The lowest BCUT2D eigenvalue weighted by molar-refractivity contribution is 0.0953. The van der Waals surface area contributed by atoms with E-state index in [1.54, 1.807) is 12.1 Å². The number of nitrogens with zero attached hydrogens (tertiary/aromatic N) is 1. The Kier molecular flexibility index (Phi) is 6.41. The van der Waals surface area contributed by atoms with Gasteiger partial charge in [0.15, 0.2) is 0 Å². The first kappa shape index (κ1) is 20.0. The van der Waals surface area contributed by atoms with Crippen molar-refractivity contribution in [3.05, 3.63) is 71.1 Å². The third-order valence-electron chi connectivity index (χ3n) is 4.37. The lowest BCUT2D eigenvalue weighted by Crippen LogP contribution is -2.23. The van der Waals surface area contributed by atoms with E-state index >= 15 is 0 Å². The normalized spacial score (nSPS) is 12.0. The molecule has 1 amide bonds. The minimum atomic E-state index is -1.18. The number of aryl methyl sites for hydroxylation is 2. The minimum absolute atomic E-state index is 0.0915. The van der Waals surface area contributed by atoms with E-state index in [1.165, 1.54) is 0 Å². The summed E-state index contributed by atoms with van der Waals surface area (Å²) in [6, 6.07) is 14.8. The Morgan fingerprint density at radius 1 is 1.07 bits per heavy atom. The van der Waals surface area contributed by atoms with Crippen molar-refractivity contribution in [3.8, 4) is 11.5 Å². The Bertz CT molecular complexity index is 976. The van der Waals surface area contributed by atoms with Crippen LogP contribution in [0.15, 0.2) is 57.8 Å². The highest BCUT2D eigenvalue weighted by Gasteiger charge is 2.15. The van der Waals surface area contributed by atoms with Gasteiger partial charge >= 0.3 is 0 Å². The molecular weight excluding hydrogens is 372 g/mol. The van der Waals surface area contributed by atoms with Crippen LogP contribution in [0.25, 0.3) is 11.5 Å². The summed E-state index contributed by atoms with van der Waals surface area (Å²) in [5.41, 5.74) is 3.19. The number of nitrogens with one attached hydrogen (secondary N) is 1. The Morgan fingerprint density at radius 3 is 2.39 bits per heavy atom. The molecule has 1 atom stereocenters. The van der Waals surface area contributed by atoms with E-state index in [0.717, 1.165) is 22.4 Å². The fraction of sp³-hybridized carbons (Fsp3) is 0.273. The number of oxazole rings is 1. The second-order valence-electron chi connectivity index (χ2n) is 6.66. The van der Waals surface area contributed by atoms with Crippen molar-refractivity contribution in [2.24, 2.45) is 0 Å². The van der Waals surface area contributed by atoms with Crippen molar-refractivity contribution < 1.29 is 13.4 Å². The average molecular weight is 397 g/mol. The molecular formula is C22H24N2O3S. The van der Waals surface area contributed by atoms with Gasteiger partial charge in [0.2, 0.25) is 5.89 Å². The van der Waals surface area contributed by atoms with Crippen LogP contribution >= 0.6 is 0 Å². The second-order valence-corrected chi connectivity index (χ2v) is 8.11. The van der Waals surface area contributed by atoms with Crippen molar-refractivity contribution in [2.45, 2.75) is 37.8 Å². The molecule has 0 aliphatic heterocycles. The van der Waals surface area contributed by atoms with Crippen LogP contribution in [-0.4, -0.2) is 21.6 Å². The maximum atomic E-state index is 12.6. The predicted octanol–water partition coefficient (Wildman–Crippen LogP) is 4.41. The first-order chi connectivity index (χ1) is 13.5. The van der Waals surface area contributed by atoms with Crippen molar-refractivity contribution >= 4 is 16.7 Å². The molecule has 28 heavy (non-hydrogen) atoms. The largest absolute Gasteiger partial charge is 0.441 e. The highest BCUT2D eigenvalue weighted by atomic mass is 32.2. The number of aromatic nitrogens is 1. The van der Waals surface area contributed by atoms with E-state index in [1.807, 2.05) is 57.2 Å². The molecule has 0 aliphatic rings. The van der Waals surface area contributed by atoms with Gasteiger partial charge in [-0.1, -0.05) is 24.6 Å². The lowest BCUT2D eigenvalue weighted by atomic mass is 10.1. The van der Waals surface area contributed by atoms with E-state index in [-0.39, 0.29) is 5.91 Å². The van der Waals surface area contributed by atoms with Gasteiger partial charge in [-0.15, -0.1) is 0 Å². The molecule has 1 N–H and O–H groups in total. The number of hydrogen-bond donors (Lipinski definition) is 1. The highest BCUT2D eigenvalue weighted by Crippen LogP contribution is 2.24. The zero-order valence-corrected chi connectivity index (χ0v) is 17.1. The molecule has 146 valence electrons. The Labute approximate surface area is 167 Å². The predicted molar refractivity (Wildman–Crippen MR) is 111 cm³/mol. The maximum absolute atomic E-state index is 12.6. The summed E-state index contributed by atoms with van der Waals surface area (Å²) in [6.45, 7) is 6.49. The summed E-state index contributed by atoms with van der Waals surface area (Å²) in [6.07, 6.45) is 0.895. The standard InChI is InChI=1S/C22H24N2O3S/c1-4-13-23-21(25)17-7-9-18(10-8-17)22-24-20(16(3)27-22)14-28(26)19-11-5-15(2)6-12-19/h5-12H,4,13-14H2,1-3H3,(H,23,25)/t28-/m0/s1. The first-order valence-electron chi connectivity index (χ1n) is 9.28. The molecule has 0 radical (unpaired) electrons. The zero-order chi connectivity index (χ0) is 20.1. The van der Waals surface area contributed by atoms with Crippen molar-refractivity contribution in [3.63, 3.8) is 0 Å². The molecule has 0 bridgehead atoms. The van der Waals surface area contributed by atoms with Crippen LogP contribution in [-0.2, 0) is 16.6 Å². The SMILES string of the molecule is CCCNC(=O)c1ccc(-c2nc(C[S@](=O)c3ccc(C)cc3)c(C)o2)cc1. The van der Waals surface area contributed by atoms with Crippen LogP contribution < -0.4 is 5.32 Å². The van der Waals surface area contributed by atoms with E-state index < -0.39 is 10.8 Å². The van der Waals surface area contributed by atoms with Gasteiger partial charge in [-0.2, -0.15) is 0 Å². The van der Waals surface area contributed by atoms with Crippen molar-refractivity contribution in [1.29, 1.82) is 0 Å². The highest BCUT2D eigenvalue weighted by molar-refractivity contribution is 7.84. The quantitative estimate of drug-likeness (QED) is 0.642. The summed E-state index contributed by atoms with van der Waals surface area (Å²) in [5.74, 6) is 1.33. The third kappa shape index (κ3) is 4.75. The molecule has 3 aromatic rings. The second kappa shape index (κ2) is 8.97. The molecule has 0 saturated carbocycles. The van der Waals surface area contributed by atoms with Gasteiger partial charge in [0.25, 0.3) is 5.91 Å². The number of benzene rings is 2. The summed E-state index contributed by atoms with van der Waals surface area (Å²) in [5, 5.41) is 2.85. The van der Waals surface area contributed by atoms with Crippen molar-refractivity contribution in [1.82, 2.24) is 10.3 Å². The van der Waals surface area contributed by atoms with Gasteiger partial charge < -0.3 is 9.73 Å². The molecule has 1 heterocycles. The molecule has 3 rings (SSSR count). The van der Waals surface area contributed by atoms with Crippen LogP contribution in [0.4, 0.5) is 0 Å². The molecule has 0 unspecified atom stereocenters. The van der Waals surface area contributed by atoms with Gasteiger partial charge in [-0.25, -0.2) is 4.98 Å². The third-order valence-corrected chi connectivity index (χ3v) is 5.71. The molecule has 2 aromatic carbocycles. The fourth-order valence-corrected chi connectivity index (χ4v) is 3.81. The molecule has 5 nitrogen and oxygen atoms in total. The average Bonchev–Trinajstić information content (AvgIpc) is 3.07. The summed E-state index contributed by atoms with van der Waals surface area (Å²) >= 11 is 0. The van der Waals surface area contributed by atoms with Gasteiger partial charge in [0.1, 0.15) is 5.76 Å². The first-order valence-corrected chi connectivity index (χ1v) is 10.6. The topological polar surface area (TPSA) is 72.2 Å². The maximum Gasteiger partial charge on any atom is 0.251 e. The molecule has 0 saturated heterocycles. The number of hydrogen-bond acceptors (Lipinski definition) is 4. The fourth-order valence-electron chi connectivity index (χ4n) is 2.69. The van der Waals surface area contributed by atoms with Crippen LogP contribution in [0, 0.1) is 13.8 Å². The monoisotopic (exact) mass is 396 g/mol. The van der Waals surface area contributed by atoms with E-state index in [0.29, 0.717) is 35.2 Å². The Morgan fingerprint density at radius 2 is 1.75 bits per heavy atom. The van der Waals surface area contributed by atoms with Gasteiger partial charge in [-0.05, 0) is 56.7 Å². The smallest absolute Gasteiger partial charge is 0.251 e. The summed E-state index contributed by atoms with van der Waals surface area (Å²) < 4.78 is 18.4. The van der Waals surface area contributed by atoms with E-state index in [9.17, 15) is 9.00 Å². The zero-order valence-electron chi connectivity index (χ0n) is 16.3. The van der Waals surface area contributed by atoms with Crippen LogP contribution in [0.1, 0.15) is 40.7 Å².